The van der Waals surface area contributed by atoms with Gasteiger partial charge in [0, 0.05) is 31.7 Å². The molecule has 0 aliphatic rings. The Balaban J connectivity index is 2.64. The Morgan fingerprint density at radius 3 is 2.65 bits per heavy atom. The highest BCUT2D eigenvalue weighted by molar-refractivity contribution is 5.50. The second-order valence-corrected chi connectivity index (χ2v) is 5.44. The first-order valence-electron chi connectivity index (χ1n) is 8.15. The van der Waals surface area contributed by atoms with Crippen LogP contribution in [0.4, 0.5) is 0 Å². The SMILES string of the molecule is C=CCc1cc(CNCCNCC(C)O)cc(OC)c1OCC. The van der Waals surface area contributed by atoms with Crippen molar-refractivity contribution < 1.29 is 14.6 Å². The predicted molar refractivity (Wildman–Crippen MR) is 94.3 cm³/mol. The topological polar surface area (TPSA) is 62.8 Å². The van der Waals surface area contributed by atoms with Crippen molar-refractivity contribution in [3.8, 4) is 11.5 Å². The maximum Gasteiger partial charge on any atom is 0.164 e. The Morgan fingerprint density at radius 1 is 1.30 bits per heavy atom. The van der Waals surface area contributed by atoms with Crippen molar-refractivity contribution in [2.45, 2.75) is 32.9 Å². The van der Waals surface area contributed by atoms with Gasteiger partial charge in [-0.25, -0.2) is 0 Å². The summed E-state index contributed by atoms with van der Waals surface area (Å²) < 4.78 is 11.2. The van der Waals surface area contributed by atoms with Gasteiger partial charge in [0.25, 0.3) is 0 Å². The molecule has 0 saturated carbocycles. The highest BCUT2D eigenvalue weighted by Gasteiger charge is 2.12. The minimum absolute atomic E-state index is 0.313. The van der Waals surface area contributed by atoms with Gasteiger partial charge in [0.1, 0.15) is 0 Å². The molecule has 5 nitrogen and oxygen atoms in total. The molecule has 3 N–H and O–H groups in total. The minimum atomic E-state index is -0.313. The lowest BCUT2D eigenvalue weighted by Crippen LogP contribution is -2.31. The molecule has 1 rings (SSSR count). The molecule has 0 aliphatic heterocycles. The Labute approximate surface area is 139 Å². The standard InChI is InChI=1S/C18H30N2O3/c1-5-7-16-10-15(11-17(22-4)18(16)23-6-2)13-20-9-8-19-12-14(3)21/h5,10-11,14,19-21H,1,6-9,12-13H2,2-4H3. The van der Waals surface area contributed by atoms with Gasteiger partial charge in [-0.1, -0.05) is 12.1 Å². The number of aliphatic hydroxyl groups excluding tert-OH is 1. The van der Waals surface area contributed by atoms with Crippen molar-refractivity contribution in [1.29, 1.82) is 0 Å². The second-order valence-electron chi connectivity index (χ2n) is 5.44. The van der Waals surface area contributed by atoms with Crippen LogP contribution in [0.25, 0.3) is 0 Å². The van der Waals surface area contributed by atoms with Crippen LogP contribution in [0.1, 0.15) is 25.0 Å². The van der Waals surface area contributed by atoms with Crippen LogP contribution in [0, 0.1) is 0 Å². The van der Waals surface area contributed by atoms with Crippen LogP contribution in [0.15, 0.2) is 24.8 Å². The first-order valence-corrected chi connectivity index (χ1v) is 8.15. The monoisotopic (exact) mass is 322 g/mol. The van der Waals surface area contributed by atoms with E-state index in [-0.39, 0.29) is 6.10 Å². The van der Waals surface area contributed by atoms with E-state index < -0.39 is 0 Å². The summed E-state index contributed by atoms with van der Waals surface area (Å²) in [4.78, 5) is 0. The number of hydrogen-bond donors (Lipinski definition) is 3. The Morgan fingerprint density at radius 2 is 2.04 bits per heavy atom. The quantitative estimate of drug-likeness (QED) is 0.405. The summed E-state index contributed by atoms with van der Waals surface area (Å²) in [5.41, 5.74) is 2.24. The number of benzene rings is 1. The van der Waals surface area contributed by atoms with Crippen molar-refractivity contribution in [2.24, 2.45) is 0 Å². The van der Waals surface area contributed by atoms with Gasteiger partial charge >= 0.3 is 0 Å². The average molecular weight is 322 g/mol. The Hall–Kier alpha value is -1.56. The van der Waals surface area contributed by atoms with Crippen molar-refractivity contribution in [2.75, 3.05) is 33.4 Å². The lowest BCUT2D eigenvalue weighted by Gasteiger charge is -2.16. The van der Waals surface area contributed by atoms with Gasteiger partial charge in [-0.05, 0) is 31.9 Å². The molecule has 0 spiro atoms. The molecule has 0 amide bonds. The summed E-state index contributed by atoms with van der Waals surface area (Å²) in [6, 6.07) is 4.14. The van der Waals surface area contributed by atoms with E-state index in [1.165, 1.54) is 0 Å². The molecule has 0 aromatic heterocycles. The molecule has 5 heteroatoms. The fourth-order valence-corrected chi connectivity index (χ4v) is 2.31. The Bertz CT molecular complexity index is 476. The zero-order valence-corrected chi connectivity index (χ0v) is 14.5. The van der Waals surface area contributed by atoms with Crippen molar-refractivity contribution in [3.63, 3.8) is 0 Å². The van der Waals surface area contributed by atoms with Crippen LogP contribution in [0.2, 0.25) is 0 Å². The van der Waals surface area contributed by atoms with E-state index in [2.05, 4.69) is 23.3 Å². The molecule has 1 aromatic rings. The van der Waals surface area contributed by atoms with Gasteiger partial charge in [-0.3, -0.25) is 0 Å². The number of aliphatic hydroxyl groups is 1. The first kappa shape index (κ1) is 19.5. The van der Waals surface area contributed by atoms with E-state index in [1.54, 1.807) is 14.0 Å². The zero-order chi connectivity index (χ0) is 17.1. The lowest BCUT2D eigenvalue weighted by molar-refractivity contribution is 0.191. The predicted octanol–water partition coefficient (Wildman–Crippen LogP) is 1.88. The van der Waals surface area contributed by atoms with Gasteiger partial charge in [0.2, 0.25) is 0 Å². The van der Waals surface area contributed by atoms with Gasteiger partial charge in [0.05, 0.1) is 19.8 Å². The molecule has 0 saturated heterocycles. The molecule has 0 heterocycles. The van der Waals surface area contributed by atoms with Gasteiger partial charge in [0.15, 0.2) is 11.5 Å². The molecule has 0 fully saturated rings. The summed E-state index contributed by atoms with van der Waals surface area (Å²) in [6.07, 6.45) is 2.30. The van der Waals surface area contributed by atoms with E-state index in [4.69, 9.17) is 9.47 Å². The summed E-state index contributed by atoms with van der Waals surface area (Å²) >= 11 is 0. The van der Waals surface area contributed by atoms with Crippen LogP contribution in [0.5, 0.6) is 11.5 Å². The molecule has 23 heavy (non-hydrogen) atoms. The summed E-state index contributed by atoms with van der Waals surface area (Å²) in [5.74, 6) is 1.56. The fourth-order valence-electron chi connectivity index (χ4n) is 2.31. The number of rotatable bonds is 12. The number of methoxy groups -OCH3 is 1. The first-order chi connectivity index (χ1) is 11.1. The summed E-state index contributed by atoms with van der Waals surface area (Å²) in [7, 11) is 1.66. The third kappa shape index (κ3) is 7.03. The van der Waals surface area contributed by atoms with Crippen molar-refractivity contribution in [1.82, 2.24) is 10.6 Å². The molecular weight excluding hydrogens is 292 g/mol. The van der Waals surface area contributed by atoms with Crippen molar-refractivity contribution in [3.05, 3.63) is 35.9 Å². The number of nitrogens with one attached hydrogen (secondary N) is 2. The van der Waals surface area contributed by atoms with Crippen LogP contribution in [-0.4, -0.2) is 44.6 Å². The number of allylic oxidation sites excluding steroid dienone is 1. The molecule has 1 atom stereocenters. The zero-order valence-electron chi connectivity index (χ0n) is 14.5. The number of ether oxygens (including phenoxy) is 2. The second kappa shape index (κ2) is 11.0. The normalized spacial score (nSPS) is 12.0. The van der Waals surface area contributed by atoms with Gasteiger partial charge in [-0.2, -0.15) is 0 Å². The molecule has 0 bridgehead atoms. The maximum atomic E-state index is 9.18. The maximum absolute atomic E-state index is 9.18. The number of hydrogen-bond acceptors (Lipinski definition) is 5. The van der Waals surface area contributed by atoms with E-state index in [0.29, 0.717) is 13.2 Å². The smallest absolute Gasteiger partial charge is 0.164 e. The van der Waals surface area contributed by atoms with Crippen molar-refractivity contribution >= 4 is 0 Å². The highest BCUT2D eigenvalue weighted by atomic mass is 16.5. The molecular formula is C18H30N2O3. The lowest BCUT2D eigenvalue weighted by atomic mass is 10.1. The van der Waals surface area contributed by atoms with E-state index in [0.717, 1.165) is 48.7 Å². The van der Waals surface area contributed by atoms with Crippen LogP contribution in [0.3, 0.4) is 0 Å². The van der Waals surface area contributed by atoms with E-state index in [9.17, 15) is 5.11 Å². The summed E-state index contributed by atoms with van der Waals surface area (Å²) in [5, 5.41) is 15.7. The van der Waals surface area contributed by atoms with Gasteiger partial charge in [-0.15, -0.1) is 6.58 Å². The van der Waals surface area contributed by atoms with Crippen LogP contribution < -0.4 is 20.1 Å². The third-order valence-corrected chi connectivity index (χ3v) is 3.31. The highest BCUT2D eigenvalue weighted by Crippen LogP contribution is 2.33. The van der Waals surface area contributed by atoms with Gasteiger partial charge < -0.3 is 25.2 Å². The third-order valence-electron chi connectivity index (χ3n) is 3.31. The average Bonchev–Trinajstić information content (AvgIpc) is 2.52. The largest absolute Gasteiger partial charge is 0.493 e. The molecule has 130 valence electrons. The molecule has 1 aromatic carbocycles. The van der Waals surface area contributed by atoms with E-state index >= 15 is 0 Å². The van der Waals surface area contributed by atoms with E-state index in [1.807, 2.05) is 19.1 Å². The fraction of sp³-hybridized carbons (Fsp3) is 0.556. The summed E-state index contributed by atoms with van der Waals surface area (Å²) in [6.45, 7) is 11.2. The molecule has 1 unspecified atom stereocenters. The van der Waals surface area contributed by atoms with Crippen LogP contribution in [-0.2, 0) is 13.0 Å². The molecule has 0 aliphatic carbocycles. The Kier molecular flexibility index (Phi) is 9.36. The molecule has 0 radical (unpaired) electrons. The van der Waals surface area contributed by atoms with Crippen LogP contribution >= 0.6 is 0 Å². The minimum Gasteiger partial charge on any atom is -0.493 e.